The van der Waals surface area contributed by atoms with Gasteiger partial charge in [0.25, 0.3) is 0 Å². The number of fused-ring (bicyclic) bond motifs is 4. The summed E-state index contributed by atoms with van der Waals surface area (Å²) < 4.78 is 0. The Morgan fingerprint density at radius 1 is 1.10 bits per heavy atom. The van der Waals surface area contributed by atoms with Gasteiger partial charge in [0.15, 0.2) is 0 Å². The molecule has 6 atom stereocenters. The summed E-state index contributed by atoms with van der Waals surface area (Å²) in [6.07, 6.45) is 13.2. The standard InChI is InChI=1S/C27H42O2/c1-17(2)14-21(29)15-18(3)23-8-9-24-22-7-6-19-16-20(28)10-12-26(19,4)25(22)11-13-27(23,24)5/h9,17-20,23,28H,6-8,10-16H2,1-5H3/t18?,19-,20-,23+,26-,27+/m0/s1. The minimum Gasteiger partial charge on any atom is -0.393 e. The lowest BCUT2D eigenvalue weighted by Gasteiger charge is -2.53. The van der Waals surface area contributed by atoms with Gasteiger partial charge in [-0.2, -0.15) is 0 Å². The third-order valence-corrected chi connectivity index (χ3v) is 9.35. The average molecular weight is 399 g/mol. The van der Waals surface area contributed by atoms with Crippen LogP contribution in [0.3, 0.4) is 0 Å². The molecular formula is C27H42O2. The van der Waals surface area contributed by atoms with Crippen LogP contribution in [0.1, 0.15) is 98.8 Å². The maximum Gasteiger partial charge on any atom is 0.133 e. The van der Waals surface area contributed by atoms with Crippen LogP contribution in [0.25, 0.3) is 0 Å². The highest BCUT2D eigenvalue weighted by molar-refractivity contribution is 5.78. The number of rotatable bonds is 5. The molecule has 0 heterocycles. The summed E-state index contributed by atoms with van der Waals surface area (Å²) in [4.78, 5) is 12.5. The quantitative estimate of drug-likeness (QED) is 0.564. The van der Waals surface area contributed by atoms with E-state index in [0.29, 0.717) is 34.9 Å². The van der Waals surface area contributed by atoms with Crippen molar-refractivity contribution in [3.8, 4) is 0 Å². The maximum absolute atomic E-state index is 12.5. The highest BCUT2D eigenvalue weighted by atomic mass is 16.3. The third-order valence-electron chi connectivity index (χ3n) is 9.35. The number of hydrogen-bond donors (Lipinski definition) is 1. The molecule has 0 radical (unpaired) electrons. The zero-order valence-electron chi connectivity index (χ0n) is 19.4. The molecular weight excluding hydrogens is 356 g/mol. The van der Waals surface area contributed by atoms with Gasteiger partial charge in [0.1, 0.15) is 5.78 Å². The lowest BCUT2D eigenvalue weighted by Crippen LogP contribution is -2.44. The van der Waals surface area contributed by atoms with E-state index in [1.807, 2.05) is 0 Å². The highest BCUT2D eigenvalue weighted by Gasteiger charge is 2.53. The van der Waals surface area contributed by atoms with Gasteiger partial charge in [0, 0.05) is 12.8 Å². The summed E-state index contributed by atoms with van der Waals surface area (Å²) in [5.74, 6) is 2.67. The minimum absolute atomic E-state index is 0.0802. The van der Waals surface area contributed by atoms with Crippen molar-refractivity contribution in [3.63, 3.8) is 0 Å². The van der Waals surface area contributed by atoms with Gasteiger partial charge in [-0.25, -0.2) is 0 Å². The fourth-order valence-corrected chi connectivity index (χ4v) is 7.77. The molecule has 0 aliphatic heterocycles. The van der Waals surface area contributed by atoms with E-state index in [0.717, 1.165) is 38.5 Å². The van der Waals surface area contributed by atoms with Gasteiger partial charge in [-0.05, 0) is 97.0 Å². The van der Waals surface area contributed by atoms with Crippen LogP contribution in [0.2, 0.25) is 0 Å². The number of carbonyl (C=O) groups excluding carboxylic acids is 1. The lowest BCUT2D eigenvalue weighted by atomic mass is 9.51. The predicted octanol–water partition coefficient (Wildman–Crippen LogP) is 6.63. The molecule has 1 fully saturated rings. The first kappa shape index (κ1) is 21.3. The van der Waals surface area contributed by atoms with Gasteiger partial charge in [-0.3, -0.25) is 4.79 Å². The number of Topliss-reactive ketones (excluding diaryl/α,β-unsaturated/α-hetero) is 1. The van der Waals surface area contributed by atoms with Crippen molar-refractivity contribution in [1.82, 2.24) is 0 Å². The van der Waals surface area contributed by atoms with E-state index >= 15 is 0 Å². The number of allylic oxidation sites excluding steroid dienone is 4. The van der Waals surface area contributed by atoms with E-state index in [4.69, 9.17) is 0 Å². The van der Waals surface area contributed by atoms with Crippen LogP contribution in [-0.4, -0.2) is 17.0 Å². The molecule has 0 bridgehead atoms. The molecule has 4 aliphatic carbocycles. The van der Waals surface area contributed by atoms with Crippen LogP contribution < -0.4 is 0 Å². The molecule has 4 rings (SSSR count). The lowest BCUT2D eigenvalue weighted by molar-refractivity contribution is -0.121. The molecule has 4 aliphatic rings. The Hall–Kier alpha value is -0.890. The minimum atomic E-state index is -0.0802. The van der Waals surface area contributed by atoms with Gasteiger partial charge in [-0.15, -0.1) is 0 Å². The van der Waals surface area contributed by atoms with E-state index in [-0.39, 0.29) is 11.5 Å². The van der Waals surface area contributed by atoms with Crippen molar-refractivity contribution in [1.29, 1.82) is 0 Å². The molecule has 162 valence electrons. The van der Waals surface area contributed by atoms with Crippen LogP contribution in [0.4, 0.5) is 0 Å². The monoisotopic (exact) mass is 398 g/mol. The Bertz CT molecular complexity index is 729. The molecule has 0 amide bonds. The van der Waals surface area contributed by atoms with E-state index in [1.165, 1.54) is 25.7 Å². The van der Waals surface area contributed by atoms with E-state index in [2.05, 4.69) is 40.7 Å². The Balaban J connectivity index is 1.55. The number of ketones is 1. The molecule has 0 spiro atoms. The molecule has 0 aromatic heterocycles. The number of carbonyl (C=O) groups is 1. The maximum atomic E-state index is 12.5. The topological polar surface area (TPSA) is 37.3 Å². The first-order chi connectivity index (χ1) is 13.6. The predicted molar refractivity (Wildman–Crippen MR) is 119 cm³/mol. The third kappa shape index (κ3) is 3.58. The zero-order valence-corrected chi connectivity index (χ0v) is 19.4. The van der Waals surface area contributed by atoms with Crippen molar-refractivity contribution in [2.75, 3.05) is 0 Å². The average Bonchev–Trinajstić information content (AvgIpc) is 2.99. The zero-order chi connectivity index (χ0) is 21.0. The Morgan fingerprint density at radius 3 is 2.59 bits per heavy atom. The smallest absolute Gasteiger partial charge is 0.133 e. The van der Waals surface area contributed by atoms with Crippen molar-refractivity contribution in [2.45, 2.75) is 105 Å². The second-order valence-corrected chi connectivity index (χ2v) is 11.7. The molecule has 0 aromatic rings. The summed E-state index contributed by atoms with van der Waals surface area (Å²) in [6.45, 7) is 11.6. The largest absolute Gasteiger partial charge is 0.393 e. The normalized spacial score (nSPS) is 40.2. The summed E-state index contributed by atoms with van der Waals surface area (Å²) in [6, 6.07) is 0. The summed E-state index contributed by atoms with van der Waals surface area (Å²) in [7, 11) is 0. The molecule has 1 unspecified atom stereocenters. The van der Waals surface area contributed by atoms with Crippen molar-refractivity contribution in [2.24, 2.45) is 34.5 Å². The van der Waals surface area contributed by atoms with Crippen LogP contribution in [0, 0.1) is 34.5 Å². The van der Waals surface area contributed by atoms with Gasteiger partial charge in [-0.1, -0.05) is 46.3 Å². The summed E-state index contributed by atoms with van der Waals surface area (Å²) in [5, 5.41) is 10.2. The summed E-state index contributed by atoms with van der Waals surface area (Å²) >= 11 is 0. The molecule has 1 saturated carbocycles. The highest BCUT2D eigenvalue weighted by Crippen LogP contribution is 2.64. The molecule has 1 N–H and O–H groups in total. The van der Waals surface area contributed by atoms with Crippen molar-refractivity contribution < 1.29 is 9.90 Å². The second-order valence-electron chi connectivity index (χ2n) is 11.7. The molecule has 29 heavy (non-hydrogen) atoms. The van der Waals surface area contributed by atoms with Gasteiger partial charge >= 0.3 is 0 Å². The SMILES string of the molecule is CC(C)CC(=O)CC(C)[C@H]1CC=C2C3=C(CC[C@@]21C)[C@@]1(C)CC[C@H](O)C[C@@H]1CC3. The van der Waals surface area contributed by atoms with Crippen LogP contribution in [0.15, 0.2) is 22.8 Å². The molecule has 2 heteroatoms. The fraction of sp³-hybridized carbons (Fsp3) is 0.815. The van der Waals surface area contributed by atoms with Gasteiger partial charge in [0.05, 0.1) is 6.10 Å². The first-order valence-electron chi connectivity index (χ1n) is 12.3. The number of aliphatic hydroxyl groups is 1. The molecule has 0 aromatic carbocycles. The van der Waals surface area contributed by atoms with Crippen LogP contribution in [0.5, 0.6) is 0 Å². The molecule has 2 nitrogen and oxygen atoms in total. The van der Waals surface area contributed by atoms with Crippen LogP contribution in [-0.2, 0) is 4.79 Å². The first-order valence-corrected chi connectivity index (χ1v) is 12.3. The number of hydrogen-bond acceptors (Lipinski definition) is 2. The van der Waals surface area contributed by atoms with E-state index in [1.54, 1.807) is 16.7 Å². The van der Waals surface area contributed by atoms with Crippen molar-refractivity contribution in [3.05, 3.63) is 22.8 Å². The Labute approximate surface area is 178 Å². The fourth-order valence-electron chi connectivity index (χ4n) is 7.77. The Kier molecular flexibility index (Phi) is 5.64. The van der Waals surface area contributed by atoms with E-state index < -0.39 is 0 Å². The van der Waals surface area contributed by atoms with Crippen LogP contribution >= 0.6 is 0 Å². The molecule has 0 saturated heterocycles. The van der Waals surface area contributed by atoms with Crippen molar-refractivity contribution >= 4 is 5.78 Å². The second kappa shape index (κ2) is 7.66. The van der Waals surface area contributed by atoms with Gasteiger partial charge in [0.2, 0.25) is 0 Å². The van der Waals surface area contributed by atoms with E-state index in [9.17, 15) is 9.90 Å². The summed E-state index contributed by atoms with van der Waals surface area (Å²) in [5.41, 5.74) is 5.66. The van der Waals surface area contributed by atoms with Gasteiger partial charge < -0.3 is 5.11 Å². The Morgan fingerprint density at radius 2 is 1.86 bits per heavy atom. The number of aliphatic hydroxyl groups excluding tert-OH is 1.